The highest BCUT2D eigenvalue weighted by Crippen LogP contribution is 2.61. The summed E-state index contributed by atoms with van der Waals surface area (Å²) in [5.41, 5.74) is 0.308. The molecular formula is C14H16F3N. The van der Waals surface area contributed by atoms with E-state index in [1.54, 1.807) is 0 Å². The molecule has 98 valence electrons. The van der Waals surface area contributed by atoms with Gasteiger partial charge in [-0.25, -0.2) is 0 Å². The number of rotatable bonds is 2. The third-order valence-electron chi connectivity index (χ3n) is 4.35. The quantitative estimate of drug-likeness (QED) is 0.855. The van der Waals surface area contributed by atoms with E-state index in [0.717, 1.165) is 18.7 Å². The largest absolute Gasteiger partial charge is 0.389 e. The Kier molecular flexibility index (Phi) is 2.49. The molecule has 0 radical (unpaired) electrons. The first-order valence-electron chi connectivity index (χ1n) is 6.26. The van der Waals surface area contributed by atoms with E-state index < -0.39 is 18.0 Å². The van der Waals surface area contributed by atoms with Crippen molar-refractivity contribution in [3.63, 3.8) is 0 Å². The smallest absolute Gasteiger partial charge is 0.316 e. The first kappa shape index (κ1) is 12.0. The lowest BCUT2D eigenvalue weighted by Crippen LogP contribution is -2.66. The van der Waals surface area contributed by atoms with E-state index in [9.17, 15) is 13.2 Å². The van der Waals surface area contributed by atoms with Crippen LogP contribution in [0, 0.1) is 5.41 Å². The minimum atomic E-state index is -4.09. The summed E-state index contributed by atoms with van der Waals surface area (Å²) in [6.07, 6.45) is -3.45. The van der Waals surface area contributed by atoms with E-state index in [-0.39, 0.29) is 5.41 Å². The Bertz CT molecular complexity index is 426. The van der Waals surface area contributed by atoms with E-state index >= 15 is 0 Å². The van der Waals surface area contributed by atoms with Gasteiger partial charge in [0.15, 0.2) is 0 Å². The van der Waals surface area contributed by atoms with Crippen molar-refractivity contribution < 1.29 is 13.2 Å². The lowest BCUT2D eigenvalue weighted by molar-refractivity contribution is -0.174. The van der Waals surface area contributed by atoms with E-state index in [1.165, 1.54) is 0 Å². The molecule has 0 bridgehead atoms. The van der Waals surface area contributed by atoms with E-state index in [0.29, 0.717) is 12.8 Å². The van der Waals surface area contributed by atoms with Gasteiger partial charge >= 0.3 is 6.18 Å². The number of nitrogens with one attached hydrogen (secondary N) is 1. The lowest BCUT2D eigenvalue weighted by Gasteiger charge is -2.61. The van der Waals surface area contributed by atoms with Crippen LogP contribution in [0.15, 0.2) is 30.3 Å². The monoisotopic (exact) mass is 255 g/mol. The van der Waals surface area contributed by atoms with Crippen LogP contribution in [0.3, 0.4) is 0 Å². The molecule has 4 heteroatoms. The molecule has 1 saturated carbocycles. The molecule has 2 fully saturated rings. The van der Waals surface area contributed by atoms with Crippen LogP contribution in [-0.4, -0.2) is 19.3 Å². The summed E-state index contributed by atoms with van der Waals surface area (Å²) in [6, 6.07) is 9.19. The van der Waals surface area contributed by atoms with Crippen molar-refractivity contribution in [2.75, 3.05) is 13.1 Å². The average molecular weight is 255 g/mol. The van der Waals surface area contributed by atoms with Crippen molar-refractivity contribution in [2.24, 2.45) is 5.41 Å². The second kappa shape index (κ2) is 3.73. The second-order valence-corrected chi connectivity index (χ2v) is 5.90. The maximum atomic E-state index is 12.8. The van der Waals surface area contributed by atoms with Crippen LogP contribution in [0.5, 0.6) is 0 Å². The van der Waals surface area contributed by atoms with Gasteiger partial charge in [0.25, 0.3) is 0 Å². The number of alkyl halides is 3. The molecule has 0 aromatic heterocycles. The summed E-state index contributed by atoms with van der Waals surface area (Å²) in [5, 5.41) is 3.17. The predicted octanol–water partition coefficient (Wildman–Crippen LogP) is 3.26. The van der Waals surface area contributed by atoms with Crippen LogP contribution in [0.25, 0.3) is 0 Å². The Morgan fingerprint density at radius 1 is 1.06 bits per heavy atom. The molecule has 1 heterocycles. The van der Waals surface area contributed by atoms with E-state index in [4.69, 9.17) is 0 Å². The Balaban J connectivity index is 1.86. The summed E-state index contributed by atoms with van der Waals surface area (Å²) in [6.45, 7) is 1.75. The molecule has 1 aromatic carbocycles. The molecule has 0 unspecified atom stereocenters. The Labute approximate surface area is 104 Å². The molecule has 1 saturated heterocycles. The highest BCUT2D eigenvalue weighted by molar-refractivity contribution is 5.32. The first-order chi connectivity index (χ1) is 8.43. The molecule has 1 aromatic rings. The molecule has 1 N–H and O–H groups in total. The molecule has 1 nitrogen and oxygen atoms in total. The van der Waals surface area contributed by atoms with Crippen LogP contribution >= 0.6 is 0 Å². The zero-order valence-electron chi connectivity index (χ0n) is 10.1. The van der Waals surface area contributed by atoms with Crippen molar-refractivity contribution in [1.29, 1.82) is 0 Å². The van der Waals surface area contributed by atoms with Gasteiger partial charge in [0.05, 0.1) is 6.42 Å². The maximum Gasteiger partial charge on any atom is 0.389 e. The second-order valence-electron chi connectivity index (χ2n) is 5.90. The van der Waals surface area contributed by atoms with Gasteiger partial charge in [0.1, 0.15) is 0 Å². The Hall–Kier alpha value is -1.03. The van der Waals surface area contributed by atoms with Gasteiger partial charge < -0.3 is 5.32 Å². The number of hydrogen-bond acceptors (Lipinski definition) is 1. The van der Waals surface area contributed by atoms with Crippen LogP contribution in [0.2, 0.25) is 0 Å². The summed E-state index contributed by atoms with van der Waals surface area (Å²) >= 11 is 0. The zero-order chi connectivity index (χ0) is 12.9. The fourth-order valence-electron chi connectivity index (χ4n) is 3.72. The molecule has 1 spiro atoms. The third-order valence-corrected chi connectivity index (χ3v) is 4.35. The van der Waals surface area contributed by atoms with Gasteiger partial charge in [-0.1, -0.05) is 30.3 Å². The lowest BCUT2D eigenvalue weighted by atomic mass is 9.47. The third kappa shape index (κ3) is 1.92. The van der Waals surface area contributed by atoms with Crippen molar-refractivity contribution in [3.05, 3.63) is 35.9 Å². The van der Waals surface area contributed by atoms with Gasteiger partial charge in [-0.2, -0.15) is 13.2 Å². The van der Waals surface area contributed by atoms with E-state index in [1.807, 2.05) is 30.3 Å². The van der Waals surface area contributed by atoms with Crippen molar-refractivity contribution in [2.45, 2.75) is 30.9 Å². The number of benzene rings is 1. The summed E-state index contributed by atoms with van der Waals surface area (Å²) < 4.78 is 38.4. The highest BCUT2D eigenvalue weighted by atomic mass is 19.4. The van der Waals surface area contributed by atoms with Crippen LogP contribution < -0.4 is 5.32 Å². The predicted molar refractivity (Wildman–Crippen MR) is 63.3 cm³/mol. The maximum absolute atomic E-state index is 12.8. The highest BCUT2D eigenvalue weighted by Gasteiger charge is 2.60. The Morgan fingerprint density at radius 3 is 2.11 bits per heavy atom. The Morgan fingerprint density at radius 2 is 1.67 bits per heavy atom. The van der Waals surface area contributed by atoms with Crippen LogP contribution in [0.1, 0.15) is 24.8 Å². The molecule has 3 rings (SSSR count). The van der Waals surface area contributed by atoms with E-state index in [2.05, 4.69) is 5.32 Å². The van der Waals surface area contributed by atoms with Crippen LogP contribution in [-0.2, 0) is 5.41 Å². The van der Waals surface area contributed by atoms with Gasteiger partial charge in [0.2, 0.25) is 0 Å². The average Bonchev–Trinajstić information content (AvgIpc) is 2.20. The minimum absolute atomic E-state index is 0.140. The molecule has 0 amide bonds. The van der Waals surface area contributed by atoms with Gasteiger partial charge in [0, 0.05) is 18.5 Å². The SMILES string of the molecule is FC(F)(F)CC1(c2ccccc2)CC2(CNC2)C1. The van der Waals surface area contributed by atoms with Gasteiger partial charge in [-0.3, -0.25) is 0 Å². The first-order valence-corrected chi connectivity index (χ1v) is 6.26. The molecule has 0 atom stereocenters. The number of halogens is 3. The fourth-order valence-corrected chi connectivity index (χ4v) is 3.72. The molecule has 18 heavy (non-hydrogen) atoms. The van der Waals surface area contributed by atoms with Gasteiger partial charge in [-0.15, -0.1) is 0 Å². The van der Waals surface area contributed by atoms with Gasteiger partial charge in [-0.05, 0) is 23.8 Å². The molecule has 1 aliphatic carbocycles. The standard InChI is InChI=1S/C14H16F3N/c15-14(16,17)8-13(11-4-2-1-3-5-11)6-12(7-13)9-18-10-12/h1-5,18H,6-10H2. The molecule has 2 aliphatic rings. The van der Waals surface area contributed by atoms with Crippen molar-refractivity contribution in [1.82, 2.24) is 5.32 Å². The van der Waals surface area contributed by atoms with Crippen molar-refractivity contribution >= 4 is 0 Å². The topological polar surface area (TPSA) is 12.0 Å². The van der Waals surface area contributed by atoms with Crippen molar-refractivity contribution in [3.8, 4) is 0 Å². The molecular weight excluding hydrogens is 239 g/mol. The van der Waals surface area contributed by atoms with Crippen LogP contribution in [0.4, 0.5) is 13.2 Å². The fraction of sp³-hybridized carbons (Fsp3) is 0.571. The molecule has 1 aliphatic heterocycles. The summed E-state index contributed by atoms with van der Waals surface area (Å²) in [7, 11) is 0. The number of hydrogen-bond donors (Lipinski definition) is 1. The normalized spacial score (nSPS) is 24.4. The zero-order valence-corrected chi connectivity index (χ0v) is 10.1. The summed E-state index contributed by atoms with van der Waals surface area (Å²) in [4.78, 5) is 0. The minimum Gasteiger partial charge on any atom is -0.316 e. The summed E-state index contributed by atoms with van der Waals surface area (Å²) in [5.74, 6) is 0.